The van der Waals surface area contributed by atoms with Gasteiger partial charge in [-0.25, -0.2) is 0 Å². The molecule has 0 radical (unpaired) electrons. The molecular formula is C12H18F2N2O2. The van der Waals surface area contributed by atoms with Crippen molar-refractivity contribution in [1.82, 2.24) is 4.57 Å². The van der Waals surface area contributed by atoms with E-state index in [4.69, 9.17) is 10.8 Å². The molecule has 3 N–H and O–H groups in total. The highest BCUT2D eigenvalue weighted by molar-refractivity contribution is 5.51. The van der Waals surface area contributed by atoms with Crippen LogP contribution >= 0.6 is 0 Å². The maximum Gasteiger partial charge on any atom is 0.387 e. The monoisotopic (exact) mass is 260 g/mol. The van der Waals surface area contributed by atoms with Gasteiger partial charge in [-0.3, -0.25) is 0 Å². The maximum absolute atomic E-state index is 12.1. The zero-order valence-electron chi connectivity index (χ0n) is 10.1. The Balaban J connectivity index is 2.01. The van der Waals surface area contributed by atoms with Gasteiger partial charge in [0.05, 0.1) is 5.69 Å². The summed E-state index contributed by atoms with van der Waals surface area (Å²) in [6.07, 6.45) is 6.92. The number of ether oxygens (including phenoxy) is 1. The first-order chi connectivity index (χ1) is 8.60. The highest BCUT2D eigenvalue weighted by Gasteiger charge is 2.23. The summed E-state index contributed by atoms with van der Waals surface area (Å²) in [5.74, 6) is 0.403. The molecular weight excluding hydrogens is 242 g/mol. The molecule has 0 atom stereocenters. The Labute approximate surface area is 104 Å². The lowest BCUT2D eigenvalue weighted by Gasteiger charge is -2.28. The topological polar surface area (TPSA) is 60.4 Å². The number of halogens is 2. The van der Waals surface area contributed by atoms with Crippen molar-refractivity contribution in [1.29, 1.82) is 0 Å². The predicted octanol–water partition coefficient (Wildman–Crippen LogP) is 2.40. The van der Waals surface area contributed by atoms with Gasteiger partial charge >= 0.3 is 6.61 Å². The summed E-state index contributed by atoms with van der Waals surface area (Å²) in [6, 6.07) is 0.255. The van der Waals surface area contributed by atoms with Crippen molar-refractivity contribution >= 4 is 5.69 Å². The smallest absolute Gasteiger partial charge is 0.387 e. The number of alkyl halides is 2. The second kappa shape index (κ2) is 5.56. The maximum atomic E-state index is 12.1. The van der Waals surface area contributed by atoms with Gasteiger partial charge in [0.25, 0.3) is 0 Å². The normalized spacial score (nSPS) is 24.4. The van der Waals surface area contributed by atoms with Gasteiger partial charge in [0.2, 0.25) is 0 Å². The minimum absolute atomic E-state index is 0.0364. The van der Waals surface area contributed by atoms with Crippen molar-refractivity contribution in [3.05, 3.63) is 12.4 Å². The molecule has 2 rings (SSSR count). The second-order valence-electron chi connectivity index (χ2n) is 4.76. The molecule has 1 saturated carbocycles. The molecule has 0 unspecified atom stereocenters. The highest BCUT2D eigenvalue weighted by atomic mass is 19.3. The molecule has 1 aliphatic carbocycles. The Morgan fingerprint density at radius 3 is 2.56 bits per heavy atom. The van der Waals surface area contributed by atoms with E-state index < -0.39 is 6.61 Å². The van der Waals surface area contributed by atoms with Crippen LogP contribution in [0.25, 0.3) is 0 Å². The molecule has 0 amide bonds. The van der Waals surface area contributed by atoms with Gasteiger partial charge in [0.1, 0.15) is 0 Å². The standard InChI is InChI=1S/C12H18F2N2O2/c13-12(14)18-11-6-16(5-10(11)15)9-3-1-8(7-17)2-4-9/h5-6,8-9,12,17H,1-4,7,15H2. The molecule has 0 saturated heterocycles. The third kappa shape index (κ3) is 2.93. The minimum Gasteiger partial charge on any atom is -0.431 e. The molecule has 1 aromatic heterocycles. The average Bonchev–Trinajstić information content (AvgIpc) is 2.70. The Bertz CT molecular complexity index is 387. The Morgan fingerprint density at radius 2 is 2.00 bits per heavy atom. The van der Waals surface area contributed by atoms with E-state index in [1.165, 1.54) is 6.20 Å². The fraction of sp³-hybridized carbons (Fsp3) is 0.667. The fourth-order valence-electron chi connectivity index (χ4n) is 2.50. The number of hydrogen-bond donors (Lipinski definition) is 2. The van der Waals surface area contributed by atoms with E-state index in [-0.39, 0.29) is 24.1 Å². The summed E-state index contributed by atoms with van der Waals surface area (Å²) in [6.45, 7) is -2.63. The van der Waals surface area contributed by atoms with Crippen LogP contribution in [0.1, 0.15) is 31.7 Å². The van der Waals surface area contributed by atoms with Gasteiger partial charge in [-0.05, 0) is 31.6 Å². The third-order valence-corrected chi connectivity index (χ3v) is 3.55. The summed E-state index contributed by atoms with van der Waals surface area (Å²) in [5.41, 5.74) is 5.87. The number of aliphatic hydroxyl groups excluding tert-OH is 1. The number of nitrogens with zero attached hydrogens (tertiary/aromatic N) is 1. The molecule has 0 spiro atoms. The number of nitrogens with two attached hydrogens (primary N) is 1. The van der Waals surface area contributed by atoms with E-state index >= 15 is 0 Å². The van der Waals surface area contributed by atoms with Gasteiger partial charge in [0, 0.05) is 25.0 Å². The molecule has 1 aromatic rings. The van der Waals surface area contributed by atoms with Crippen molar-refractivity contribution in [2.45, 2.75) is 38.3 Å². The van der Waals surface area contributed by atoms with E-state index in [1.54, 1.807) is 6.20 Å². The zero-order chi connectivity index (χ0) is 13.1. The van der Waals surface area contributed by atoms with Gasteiger partial charge in [0.15, 0.2) is 5.75 Å². The van der Waals surface area contributed by atoms with Crippen LogP contribution in [0.3, 0.4) is 0 Å². The summed E-state index contributed by atoms with van der Waals surface area (Å²) >= 11 is 0. The van der Waals surface area contributed by atoms with Crippen molar-refractivity contribution in [2.75, 3.05) is 12.3 Å². The van der Waals surface area contributed by atoms with Crippen LogP contribution in [0.4, 0.5) is 14.5 Å². The van der Waals surface area contributed by atoms with Crippen molar-refractivity contribution in [3.63, 3.8) is 0 Å². The second-order valence-corrected chi connectivity index (χ2v) is 4.76. The number of aliphatic hydroxyl groups is 1. The summed E-state index contributed by atoms with van der Waals surface area (Å²) < 4.78 is 30.5. The van der Waals surface area contributed by atoms with Crippen LogP contribution in [0.5, 0.6) is 5.75 Å². The highest BCUT2D eigenvalue weighted by Crippen LogP contribution is 2.35. The van der Waals surface area contributed by atoms with Gasteiger partial charge < -0.3 is 20.1 Å². The van der Waals surface area contributed by atoms with Crippen LogP contribution in [0, 0.1) is 5.92 Å². The largest absolute Gasteiger partial charge is 0.431 e. The van der Waals surface area contributed by atoms with E-state index in [0.29, 0.717) is 5.92 Å². The quantitative estimate of drug-likeness (QED) is 0.873. The van der Waals surface area contributed by atoms with Crippen molar-refractivity contribution < 1.29 is 18.6 Å². The predicted molar refractivity (Wildman–Crippen MR) is 63.6 cm³/mol. The molecule has 0 aromatic carbocycles. The molecule has 102 valence electrons. The Kier molecular flexibility index (Phi) is 4.06. The van der Waals surface area contributed by atoms with Gasteiger partial charge in [-0.15, -0.1) is 0 Å². The summed E-state index contributed by atoms with van der Waals surface area (Å²) in [5, 5.41) is 9.07. The lowest BCUT2D eigenvalue weighted by atomic mass is 9.86. The van der Waals surface area contributed by atoms with Gasteiger partial charge in [-0.2, -0.15) is 8.78 Å². The number of aromatic nitrogens is 1. The first-order valence-electron chi connectivity index (χ1n) is 6.12. The van der Waals surface area contributed by atoms with Crippen LogP contribution in [0.2, 0.25) is 0 Å². The SMILES string of the molecule is Nc1cn(C2CCC(CO)CC2)cc1OC(F)F. The number of hydrogen-bond acceptors (Lipinski definition) is 3. The molecule has 1 fully saturated rings. The Hall–Kier alpha value is -1.30. The van der Waals surface area contributed by atoms with E-state index in [2.05, 4.69) is 4.74 Å². The average molecular weight is 260 g/mol. The first-order valence-corrected chi connectivity index (χ1v) is 6.12. The number of nitrogen functional groups attached to an aromatic ring is 1. The minimum atomic E-state index is -2.85. The van der Waals surface area contributed by atoms with Crippen LogP contribution < -0.4 is 10.5 Å². The van der Waals surface area contributed by atoms with E-state index in [1.807, 2.05) is 4.57 Å². The molecule has 4 nitrogen and oxygen atoms in total. The summed E-state index contributed by atoms with van der Waals surface area (Å²) in [7, 11) is 0. The van der Waals surface area contributed by atoms with Crippen LogP contribution in [-0.2, 0) is 0 Å². The fourth-order valence-corrected chi connectivity index (χ4v) is 2.50. The molecule has 1 aliphatic rings. The molecule has 18 heavy (non-hydrogen) atoms. The van der Waals surface area contributed by atoms with Crippen LogP contribution in [0.15, 0.2) is 12.4 Å². The van der Waals surface area contributed by atoms with Crippen molar-refractivity contribution in [2.24, 2.45) is 5.92 Å². The van der Waals surface area contributed by atoms with Crippen molar-refractivity contribution in [3.8, 4) is 5.75 Å². The molecule has 1 heterocycles. The first kappa shape index (κ1) is 13.1. The number of rotatable bonds is 4. The molecule has 6 heteroatoms. The van der Waals surface area contributed by atoms with Gasteiger partial charge in [-0.1, -0.05) is 0 Å². The Morgan fingerprint density at radius 1 is 1.33 bits per heavy atom. The third-order valence-electron chi connectivity index (χ3n) is 3.55. The lowest BCUT2D eigenvalue weighted by Crippen LogP contribution is -2.19. The van der Waals surface area contributed by atoms with E-state index in [0.717, 1.165) is 25.7 Å². The zero-order valence-corrected chi connectivity index (χ0v) is 10.1. The van der Waals surface area contributed by atoms with E-state index in [9.17, 15) is 8.78 Å². The molecule has 0 aliphatic heterocycles. The number of anilines is 1. The lowest BCUT2D eigenvalue weighted by molar-refractivity contribution is -0.0494. The summed E-state index contributed by atoms with van der Waals surface area (Å²) in [4.78, 5) is 0. The van der Waals surface area contributed by atoms with Crippen LogP contribution in [-0.4, -0.2) is 22.9 Å². The molecule has 0 bridgehead atoms.